The van der Waals surface area contributed by atoms with Crippen molar-refractivity contribution < 1.29 is 9.59 Å². The van der Waals surface area contributed by atoms with Gasteiger partial charge in [0.25, 0.3) is 0 Å². The summed E-state index contributed by atoms with van der Waals surface area (Å²) in [6.45, 7) is 6.87. The van der Waals surface area contributed by atoms with Crippen LogP contribution in [0.1, 0.15) is 31.1 Å². The molecule has 0 aliphatic carbocycles. The van der Waals surface area contributed by atoms with Crippen LogP contribution >= 0.6 is 23.1 Å². The molecule has 1 aromatic heterocycles. The van der Waals surface area contributed by atoms with Gasteiger partial charge in [0, 0.05) is 17.8 Å². The van der Waals surface area contributed by atoms with Crippen molar-refractivity contribution in [2.45, 2.75) is 30.4 Å². The van der Waals surface area contributed by atoms with Crippen molar-refractivity contribution in [3.63, 3.8) is 0 Å². The van der Waals surface area contributed by atoms with Crippen molar-refractivity contribution in [2.75, 3.05) is 17.2 Å². The molecular formula is C16H21N5O2S2. The zero-order valence-corrected chi connectivity index (χ0v) is 15.9. The normalized spacial score (nSPS) is 12.0. The van der Waals surface area contributed by atoms with Gasteiger partial charge in [-0.25, -0.2) is 0 Å². The zero-order valence-electron chi connectivity index (χ0n) is 14.3. The van der Waals surface area contributed by atoms with E-state index in [1.54, 1.807) is 31.2 Å². The Balaban J connectivity index is 1.88. The van der Waals surface area contributed by atoms with E-state index in [4.69, 9.17) is 5.73 Å². The van der Waals surface area contributed by atoms with Gasteiger partial charge in [-0.3, -0.25) is 9.59 Å². The number of anilines is 2. The fourth-order valence-corrected chi connectivity index (χ4v) is 3.69. The summed E-state index contributed by atoms with van der Waals surface area (Å²) in [4.78, 5) is 23.3. The number of primary amides is 1. The Bertz CT molecular complexity index is 730. The van der Waals surface area contributed by atoms with Gasteiger partial charge in [0.15, 0.2) is 4.34 Å². The van der Waals surface area contributed by atoms with E-state index < -0.39 is 5.91 Å². The highest BCUT2D eigenvalue weighted by atomic mass is 32.2. The molecule has 0 bridgehead atoms. The first-order valence-electron chi connectivity index (χ1n) is 7.80. The standard InChI is InChI=1S/C16H21N5O2S2/c1-9(2)8-18-15-20-21-16(25-15)24-10(3)14(23)19-12-6-4-11(5-7-12)13(17)22/h4-7,9-10H,8H2,1-3H3,(H2,17,22)(H,18,20)(H,19,23)/t10-/m1/s1. The summed E-state index contributed by atoms with van der Waals surface area (Å²) in [6.07, 6.45) is 0. The lowest BCUT2D eigenvalue weighted by Crippen LogP contribution is -2.22. The molecule has 9 heteroatoms. The van der Waals surface area contributed by atoms with E-state index in [9.17, 15) is 9.59 Å². The molecule has 134 valence electrons. The molecule has 4 N–H and O–H groups in total. The van der Waals surface area contributed by atoms with Crippen molar-refractivity contribution in [3.05, 3.63) is 29.8 Å². The highest BCUT2D eigenvalue weighted by Crippen LogP contribution is 2.29. The summed E-state index contributed by atoms with van der Waals surface area (Å²) in [5.41, 5.74) is 6.20. The smallest absolute Gasteiger partial charge is 0.248 e. The molecule has 0 aliphatic heterocycles. The van der Waals surface area contributed by atoms with Gasteiger partial charge < -0.3 is 16.4 Å². The molecule has 1 aromatic carbocycles. The summed E-state index contributed by atoms with van der Waals surface area (Å²) in [7, 11) is 0. The van der Waals surface area contributed by atoms with Gasteiger partial charge in [-0.2, -0.15) is 0 Å². The number of nitrogens with zero attached hydrogens (tertiary/aromatic N) is 2. The number of rotatable bonds is 8. The molecule has 0 aliphatic rings. The van der Waals surface area contributed by atoms with Gasteiger partial charge in [0.2, 0.25) is 16.9 Å². The fraction of sp³-hybridized carbons (Fsp3) is 0.375. The van der Waals surface area contributed by atoms with E-state index in [-0.39, 0.29) is 11.2 Å². The Kier molecular flexibility index (Phi) is 6.77. The molecule has 2 amide bonds. The number of nitrogens with two attached hydrogens (primary N) is 1. The number of benzene rings is 1. The van der Waals surface area contributed by atoms with Crippen LogP contribution in [0.2, 0.25) is 0 Å². The van der Waals surface area contributed by atoms with Crippen LogP contribution < -0.4 is 16.4 Å². The van der Waals surface area contributed by atoms with Crippen molar-refractivity contribution in [2.24, 2.45) is 11.7 Å². The number of thioether (sulfide) groups is 1. The van der Waals surface area contributed by atoms with Crippen LogP contribution in [0.3, 0.4) is 0 Å². The largest absolute Gasteiger partial charge is 0.366 e. The highest BCUT2D eigenvalue weighted by Gasteiger charge is 2.17. The molecular weight excluding hydrogens is 358 g/mol. The Morgan fingerprint density at radius 3 is 2.48 bits per heavy atom. The summed E-state index contributed by atoms with van der Waals surface area (Å²) in [5, 5.41) is 14.6. The first kappa shape index (κ1) is 19.2. The predicted octanol–water partition coefficient (Wildman–Crippen LogP) is 2.82. The maximum atomic E-state index is 12.3. The molecule has 1 atom stereocenters. The lowest BCUT2D eigenvalue weighted by atomic mass is 10.2. The molecule has 0 unspecified atom stereocenters. The van der Waals surface area contributed by atoms with Crippen molar-refractivity contribution in [3.8, 4) is 0 Å². The van der Waals surface area contributed by atoms with Crippen LogP contribution in [0.5, 0.6) is 0 Å². The van der Waals surface area contributed by atoms with Crippen LogP contribution in [0.4, 0.5) is 10.8 Å². The number of carbonyl (C=O) groups excluding carboxylic acids is 2. The third kappa shape index (κ3) is 6.02. The van der Waals surface area contributed by atoms with Gasteiger partial charge in [-0.15, -0.1) is 10.2 Å². The Morgan fingerprint density at radius 1 is 1.20 bits per heavy atom. The third-order valence-corrected chi connectivity index (χ3v) is 5.22. The van der Waals surface area contributed by atoms with Crippen molar-refractivity contribution in [1.82, 2.24) is 10.2 Å². The van der Waals surface area contributed by atoms with Gasteiger partial charge >= 0.3 is 0 Å². The predicted molar refractivity (Wildman–Crippen MR) is 102 cm³/mol. The monoisotopic (exact) mass is 379 g/mol. The minimum Gasteiger partial charge on any atom is -0.366 e. The topological polar surface area (TPSA) is 110 Å². The molecule has 1 heterocycles. The van der Waals surface area contributed by atoms with E-state index >= 15 is 0 Å². The van der Waals surface area contributed by atoms with Crippen LogP contribution in [0.15, 0.2) is 28.6 Å². The summed E-state index contributed by atoms with van der Waals surface area (Å²) >= 11 is 2.78. The zero-order chi connectivity index (χ0) is 18.4. The number of nitrogens with one attached hydrogen (secondary N) is 2. The molecule has 2 rings (SSSR count). The minimum absolute atomic E-state index is 0.149. The van der Waals surface area contributed by atoms with E-state index in [1.807, 2.05) is 0 Å². The molecule has 7 nitrogen and oxygen atoms in total. The summed E-state index contributed by atoms with van der Waals surface area (Å²) in [6, 6.07) is 6.45. The van der Waals surface area contributed by atoms with Gasteiger partial charge in [0.1, 0.15) is 0 Å². The lowest BCUT2D eigenvalue weighted by Gasteiger charge is -2.10. The average Bonchev–Trinajstić information content (AvgIpc) is 3.00. The SMILES string of the molecule is CC(C)CNc1nnc(S[C@H](C)C(=O)Nc2ccc(C(N)=O)cc2)s1. The highest BCUT2D eigenvalue weighted by molar-refractivity contribution is 8.02. The molecule has 0 spiro atoms. The number of carbonyl (C=O) groups is 2. The lowest BCUT2D eigenvalue weighted by molar-refractivity contribution is -0.115. The third-order valence-electron chi connectivity index (χ3n) is 3.15. The number of aromatic nitrogens is 2. The number of amides is 2. The molecule has 0 saturated carbocycles. The van der Waals surface area contributed by atoms with Gasteiger partial charge in [-0.1, -0.05) is 36.9 Å². The summed E-state index contributed by atoms with van der Waals surface area (Å²) in [5.74, 6) is -0.130. The number of hydrogen-bond donors (Lipinski definition) is 3. The molecule has 25 heavy (non-hydrogen) atoms. The Hall–Kier alpha value is -2.13. The van der Waals surface area contributed by atoms with Crippen molar-refractivity contribution in [1.29, 1.82) is 0 Å². The first-order chi connectivity index (χ1) is 11.8. The summed E-state index contributed by atoms with van der Waals surface area (Å²) < 4.78 is 0.734. The Labute approximate surface area is 154 Å². The average molecular weight is 380 g/mol. The number of hydrogen-bond acceptors (Lipinski definition) is 7. The van der Waals surface area contributed by atoms with E-state index in [0.717, 1.165) is 16.0 Å². The second-order valence-corrected chi connectivity index (χ2v) is 8.40. The minimum atomic E-state index is -0.500. The molecule has 0 saturated heterocycles. The fourth-order valence-electron chi connectivity index (χ4n) is 1.79. The van der Waals surface area contributed by atoms with Gasteiger partial charge in [0.05, 0.1) is 5.25 Å². The van der Waals surface area contributed by atoms with E-state index in [1.165, 1.54) is 23.1 Å². The van der Waals surface area contributed by atoms with E-state index in [0.29, 0.717) is 17.2 Å². The van der Waals surface area contributed by atoms with Crippen LogP contribution in [0.25, 0.3) is 0 Å². The second kappa shape index (κ2) is 8.82. The quantitative estimate of drug-likeness (QED) is 0.608. The first-order valence-corrected chi connectivity index (χ1v) is 9.49. The van der Waals surface area contributed by atoms with Crippen LogP contribution in [-0.4, -0.2) is 33.8 Å². The van der Waals surface area contributed by atoms with Crippen LogP contribution in [-0.2, 0) is 4.79 Å². The van der Waals surface area contributed by atoms with Gasteiger partial charge in [-0.05, 0) is 37.1 Å². The second-order valence-electron chi connectivity index (χ2n) is 5.84. The van der Waals surface area contributed by atoms with Crippen LogP contribution in [0, 0.1) is 5.92 Å². The van der Waals surface area contributed by atoms with Crippen molar-refractivity contribution >= 4 is 45.7 Å². The maximum Gasteiger partial charge on any atom is 0.248 e. The van der Waals surface area contributed by atoms with E-state index in [2.05, 4.69) is 34.7 Å². The molecule has 0 fully saturated rings. The molecule has 0 radical (unpaired) electrons. The molecule has 2 aromatic rings. The Morgan fingerprint density at radius 2 is 1.88 bits per heavy atom. The maximum absolute atomic E-state index is 12.3.